The summed E-state index contributed by atoms with van der Waals surface area (Å²) in [6.45, 7) is 7.56. The van der Waals surface area contributed by atoms with Gasteiger partial charge in [-0.1, -0.05) is 0 Å². The molecule has 1 saturated carbocycles. The van der Waals surface area contributed by atoms with Crippen molar-refractivity contribution in [3.63, 3.8) is 0 Å². The van der Waals surface area contributed by atoms with Gasteiger partial charge >= 0.3 is 0 Å². The van der Waals surface area contributed by atoms with Gasteiger partial charge in [-0.25, -0.2) is 9.67 Å². The predicted octanol–water partition coefficient (Wildman–Crippen LogP) is 3.12. The van der Waals surface area contributed by atoms with Crippen LogP contribution in [0.15, 0.2) is 0 Å². The number of nitrogens with zero attached hydrogens (tertiary/aromatic N) is 4. The third-order valence-electron chi connectivity index (χ3n) is 4.02. The van der Waals surface area contributed by atoms with Crippen LogP contribution in [-0.4, -0.2) is 32.5 Å². The van der Waals surface area contributed by atoms with Gasteiger partial charge in [0, 0.05) is 26.3 Å². The Labute approximate surface area is 130 Å². The zero-order chi connectivity index (χ0) is 14.8. The summed E-state index contributed by atoms with van der Waals surface area (Å²) < 4.78 is 9.93. The van der Waals surface area contributed by atoms with Crippen molar-refractivity contribution in [3.05, 3.63) is 11.5 Å². The lowest BCUT2D eigenvalue weighted by Gasteiger charge is -2.09. The van der Waals surface area contributed by atoms with Gasteiger partial charge in [0.05, 0.1) is 11.6 Å². The molecule has 2 aromatic rings. The molecule has 1 aliphatic rings. The van der Waals surface area contributed by atoms with Crippen molar-refractivity contribution in [1.82, 2.24) is 19.3 Å². The molecule has 2 aromatic heterocycles. The zero-order valence-corrected chi connectivity index (χ0v) is 13.6. The minimum absolute atomic E-state index is 0.431. The van der Waals surface area contributed by atoms with Gasteiger partial charge in [0.15, 0.2) is 5.65 Å². The van der Waals surface area contributed by atoms with Crippen LogP contribution in [0.25, 0.3) is 11.2 Å². The third-order valence-corrected chi connectivity index (χ3v) is 4.26. The van der Waals surface area contributed by atoms with E-state index < -0.39 is 0 Å². The van der Waals surface area contributed by atoms with Crippen LogP contribution in [0.5, 0.6) is 0 Å². The van der Waals surface area contributed by atoms with E-state index in [1.54, 1.807) is 0 Å². The van der Waals surface area contributed by atoms with Crippen molar-refractivity contribution >= 4 is 22.8 Å². The smallest absolute Gasteiger partial charge is 0.158 e. The van der Waals surface area contributed by atoms with E-state index in [4.69, 9.17) is 16.3 Å². The lowest BCUT2D eigenvalue weighted by Crippen LogP contribution is -2.10. The maximum atomic E-state index is 6.05. The largest absolute Gasteiger partial charge is 0.381 e. The quantitative estimate of drug-likeness (QED) is 0.556. The number of hydrogen-bond acceptors (Lipinski definition) is 3. The van der Waals surface area contributed by atoms with E-state index in [0.717, 1.165) is 61.3 Å². The first-order valence-electron chi connectivity index (χ1n) is 7.80. The number of alkyl halides is 1. The Hall–Kier alpha value is -1.07. The van der Waals surface area contributed by atoms with Crippen LogP contribution in [0.3, 0.4) is 0 Å². The van der Waals surface area contributed by atoms with Gasteiger partial charge in [-0.2, -0.15) is 5.10 Å². The minimum Gasteiger partial charge on any atom is -0.381 e. The fraction of sp³-hybridized carbons (Fsp3) is 0.733. The van der Waals surface area contributed by atoms with Gasteiger partial charge in [-0.05, 0) is 39.0 Å². The highest BCUT2D eigenvalue weighted by Gasteiger charge is 2.21. The molecular formula is C15H23ClN4O. The van der Waals surface area contributed by atoms with Crippen LogP contribution in [-0.2, 0) is 23.7 Å². The van der Waals surface area contributed by atoms with E-state index in [2.05, 4.69) is 21.6 Å². The molecule has 0 radical (unpaired) electrons. The van der Waals surface area contributed by atoms with Crippen LogP contribution < -0.4 is 0 Å². The molecule has 0 aliphatic heterocycles. The van der Waals surface area contributed by atoms with E-state index in [-0.39, 0.29) is 0 Å². The Morgan fingerprint density at radius 1 is 1.38 bits per heavy atom. The van der Waals surface area contributed by atoms with Crippen molar-refractivity contribution in [2.45, 2.75) is 52.1 Å². The Bertz CT molecular complexity index is 615. The molecule has 2 heterocycles. The predicted molar refractivity (Wildman–Crippen MR) is 83.6 cm³/mol. The molecule has 3 rings (SSSR count). The molecule has 0 aromatic carbocycles. The van der Waals surface area contributed by atoms with E-state index >= 15 is 0 Å². The summed E-state index contributed by atoms with van der Waals surface area (Å²) in [6.07, 6.45) is 3.66. The third kappa shape index (κ3) is 3.09. The number of fused-ring (bicyclic) bond motifs is 1. The van der Waals surface area contributed by atoms with Gasteiger partial charge in [-0.15, -0.1) is 11.6 Å². The summed E-state index contributed by atoms with van der Waals surface area (Å²) in [4.78, 5) is 4.64. The molecule has 21 heavy (non-hydrogen) atoms. The standard InChI is InChI=1S/C15H23ClN4O/c1-3-20-15-14(11(2)18-20)17-13(9-16)19(15)7-4-8-21-10-12-5-6-12/h12H,3-10H2,1-2H3. The number of aryl methyl sites for hydroxylation is 3. The number of aromatic nitrogens is 4. The number of ether oxygens (including phenoxy) is 1. The fourth-order valence-electron chi connectivity index (χ4n) is 2.69. The Kier molecular flexibility index (Phi) is 4.50. The van der Waals surface area contributed by atoms with Crippen LogP contribution >= 0.6 is 11.6 Å². The summed E-state index contributed by atoms with van der Waals surface area (Å²) in [5, 5.41) is 4.54. The summed E-state index contributed by atoms with van der Waals surface area (Å²) in [5.74, 6) is 2.19. The topological polar surface area (TPSA) is 44.9 Å². The second kappa shape index (κ2) is 6.36. The van der Waals surface area contributed by atoms with Gasteiger partial charge in [0.1, 0.15) is 11.3 Å². The molecule has 0 atom stereocenters. The normalized spacial score (nSPS) is 15.2. The molecule has 0 N–H and O–H groups in total. The molecule has 0 unspecified atom stereocenters. The van der Waals surface area contributed by atoms with Crippen molar-refractivity contribution in [2.24, 2.45) is 5.92 Å². The van der Waals surface area contributed by atoms with Gasteiger partial charge < -0.3 is 9.30 Å². The average molecular weight is 311 g/mol. The molecule has 0 saturated heterocycles. The van der Waals surface area contributed by atoms with E-state index in [9.17, 15) is 0 Å². The molecule has 5 nitrogen and oxygen atoms in total. The van der Waals surface area contributed by atoms with Crippen molar-refractivity contribution in [3.8, 4) is 0 Å². The zero-order valence-electron chi connectivity index (χ0n) is 12.8. The first kappa shape index (κ1) is 14.9. The van der Waals surface area contributed by atoms with Gasteiger partial charge in [-0.3, -0.25) is 0 Å². The molecule has 116 valence electrons. The molecule has 0 bridgehead atoms. The van der Waals surface area contributed by atoms with Crippen LogP contribution in [0.1, 0.15) is 37.7 Å². The number of imidazole rings is 1. The number of halogens is 1. The highest BCUT2D eigenvalue weighted by molar-refractivity contribution is 6.16. The summed E-state index contributed by atoms with van der Waals surface area (Å²) in [5.41, 5.74) is 3.04. The highest BCUT2D eigenvalue weighted by Crippen LogP contribution is 2.28. The Balaban J connectivity index is 1.71. The molecule has 0 spiro atoms. The van der Waals surface area contributed by atoms with Gasteiger partial charge in [0.25, 0.3) is 0 Å². The number of rotatable bonds is 8. The van der Waals surface area contributed by atoms with Gasteiger partial charge in [0.2, 0.25) is 0 Å². The number of hydrogen-bond donors (Lipinski definition) is 0. The molecular weight excluding hydrogens is 288 g/mol. The van der Waals surface area contributed by atoms with Crippen molar-refractivity contribution in [1.29, 1.82) is 0 Å². The average Bonchev–Trinajstić information content (AvgIpc) is 3.16. The van der Waals surface area contributed by atoms with Crippen LogP contribution in [0.2, 0.25) is 0 Å². The maximum absolute atomic E-state index is 6.05. The summed E-state index contributed by atoms with van der Waals surface area (Å²) >= 11 is 6.05. The molecule has 0 amide bonds. The van der Waals surface area contributed by atoms with E-state index in [0.29, 0.717) is 5.88 Å². The first-order chi connectivity index (χ1) is 10.2. The maximum Gasteiger partial charge on any atom is 0.158 e. The second-order valence-corrected chi connectivity index (χ2v) is 6.03. The van der Waals surface area contributed by atoms with Crippen molar-refractivity contribution < 1.29 is 4.74 Å². The lowest BCUT2D eigenvalue weighted by molar-refractivity contribution is 0.119. The van der Waals surface area contributed by atoms with E-state index in [1.807, 2.05) is 11.6 Å². The highest BCUT2D eigenvalue weighted by atomic mass is 35.5. The van der Waals surface area contributed by atoms with Crippen LogP contribution in [0, 0.1) is 12.8 Å². The fourth-order valence-corrected chi connectivity index (χ4v) is 2.89. The molecule has 1 aliphatic carbocycles. The van der Waals surface area contributed by atoms with E-state index in [1.165, 1.54) is 12.8 Å². The van der Waals surface area contributed by atoms with Crippen LogP contribution in [0.4, 0.5) is 0 Å². The first-order valence-corrected chi connectivity index (χ1v) is 8.34. The summed E-state index contributed by atoms with van der Waals surface area (Å²) in [6, 6.07) is 0. The summed E-state index contributed by atoms with van der Waals surface area (Å²) in [7, 11) is 0. The Morgan fingerprint density at radius 2 is 2.19 bits per heavy atom. The monoisotopic (exact) mass is 310 g/mol. The lowest BCUT2D eigenvalue weighted by atomic mass is 10.4. The Morgan fingerprint density at radius 3 is 2.86 bits per heavy atom. The minimum atomic E-state index is 0.431. The van der Waals surface area contributed by atoms with Crippen molar-refractivity contribution in [2.75, 3.05) is 13.2 Å². The molecule has 6 heteroatoms. The molecule has 1 fully saturated rings. The SMILES string of the molecule is CCn1nc(C)c2nc(CCl)n(CCCOCC3CC3)c21. The second-order valence-electron chi connectivity index (χ2n) is 5.76.